The van der Waals surface area contributed by atoms with Crippen molar-refractivity contribution in [2.24, 2.45) is 0 Å². The molecule has 1 nitrogen and oxygen atoms in total. The van der Waals surface area contributed by atoms with Crippen LogP contribution in [0.25, 0.3) is 0 Å². The number of halogens is 2. The zero-order valence-corrected chi connectivity index (χ0v) is 12.7. The van der Waals surface area contributed by atoms with Gasteiger partial charge in [0, 0.05) is 22.5 Å². The first-order valence-electron chi connectivity index (χ1n) is 6.44. The molecule has 4 heteroatoms. The van der Waals surface area contributed by atoms with Crippen LogP contribution < -0.4 is 5.32 Å². The summed E-state index contributed by atoms with van der Waals surface area (Å²) in [6, 6.07) is 12.9. The van der Waals surface area contributed by atoms with Crippen LogP contribution in [0.1, 0.15) is 29.2 Å². The molecule has 3 rings (SSSR count). The van der Waals surface area contributed by atoms with Gasteiger partial charge in [-0.2, -0.15) is 0 Å². The van der Waals surface area contributed by atoms with Crippen LogP contribution in [0.5, 0.6) is 0 Å². The van der Waals surface area contributed by atoms with Gasteiger partial charge in [-0.15, -0.1) is 11.3 Å². The minimum Gasteiger partial charge on any atom is -0.309 e. The van der Waals surface area contributed by atoms with E-state index in [9.17, 15) is 0 Å². The van der Waals surface area contributed by atoms with E-state index in [2.05, 4.69) is 23.5 Å². The maximum Gasteiger partial charge on any atom is 0.0931 e. The van der Waals surface area contributed by atoms with Gasteiger partial charge in [0.1, 0.15) is 0 Å². The van der Waals surface area contributed by atoms with Crippen LogP contribution in [0.2, 0.25) is 9.36 Å². The van der Waals surface area contributed by atoms with E-state index in [-0.39, 0.29) is 0 Å². The molecule has 0 spiro atoms. The summed E-state index contributed by atoms with van der Waals surface area (Å²) in [4.78, 5) is 1.31. The molecule has 1 heterocycles. The fourth-order valence-corrected chi connectivity index (χ4v) is 3.65. The van der Waals surface area contributed by atoms with E-state index in [1.165, 1.54) is 23.3 Å². The van der Waals surface area contributed by atoms with Crippen molar-refractivity contribution in [1.29, 1.82) is 0 Å². The van der Waals surface area contributed by atoms with Crippen molar-refractivity contribution in [3.05, 3.63) is 56.2 Å². The summed E-state index contributed by atoms with van der Waals surface area (Å²) in [5, 5.41) is 4.40. The highest BCUT2D eigenvalue weighted by molar-refractivity contribution is 7.16. The first-order chi connectivity index (χ1) is 9.20. The van der Waals surface area contributed by atoms with Crippen molar-refractivity contribution in [3.8, 4) is 0 Å². The van der Waals surface area contributed by atoms with Gasteiger partial charge < -0.3 is 5.32 Å². The van der Waals surface area contributed by atoms with Crippen LogP contribution in [0.3, 0.4) is 0 Å². The van der Waals surface area contributed by atoms with E-state index in [0.717, 1.165) is 15.9 Å². The lowest BCUT2D eigenvalue weighted by Gasteiger charge is -2.36. The van der Waals surface area contributed by atoms with Crippen LogP contribution >= 0.6 is 34.5 Å². The zero-order valence-electron chi connectivity index (χ0n) is 10.4. The zero-order chi connectivity index (χ0) is 13.2. The van der Waals surface area contributed by atoms with E-state index >= 15 is 0 Å². The standard InChI is InChI=1S/C15H15Cl2NS/c16-12-3-1-10(2-4-12)11-7-13(8-11)18-9-14-5-6-15(17)19-14/h1-6,11,13,18H,7-9H2. The van der Waals surface area contributed by atoms with E-state index in [0.29, 0.717) is 12.0 Å². The summed E-state index contributed by atoms with van der Waals surface area (Å²) >= 11 is 13.5. The SMILES string of the molecule is Clc1ccc(C2CC(NCc3ccc(Cl)s3)C2)cc1. The molecule has 1 aromatic heterocycles. The van der Waals surface area contributed by atoms with Gasteiger partial charge in [-0.3, -0.25) is 0 Å². The number of hydrogen-bond donors (Lipinski definition) is 1. The molecule has 1 saturated carbocycles. The highest BCUT2D eigenvalue weighted by Crippen LogP contribution is 2.37. The molecule has 1 aliphatic rings. The number of rotatable bonds is 4. The molecule has 0 bridgehead atoms. The Balaban J connectivity index is 1.46. The summed E-state index contributed by atoms with van der Waals surface area (Å²) in [6.45, 7) is 0.926. The first kappa shape index (κ1) is 13.4. The Morgan fingerprint density at radius 3 is 2.42 bits per heavy atom. The minimum atomic E-state index is 0.626. The predicted molar refractivity (Wildman–Crippen MR) is 83.4 cm³/mol. The van der Waals surface area contributed by atoms with Gasteiger partial charge in [0.2, 0.25) is 0 Å². The number of nitrogens with one attached hydrogen (secondary N) is 1. The molecule has 0 atom stereocenters. The van der Waals surface area contributed by atoms with Gasteiger partial charge in [0.05, 0.1) is 4.34 Å². The molecule has 1 fully saturated rings. The number of thiophene rings is 1. The first-order valence-corrected chi connectivity index (χ1v) is 8.01. The molecular formula is C15H15Cl2NS. The van der Waals surface area contributed by atoms with Crippen molar-refractivity contribution in [1.82, 2.24) is 5.32 Å². The van der Waals surface area contributed by atoms with Crippen LogP contribution in [-0.4, -0.2) is 6.04 Å². The monoisotopic (exact) mass is 311 g/mol. The van der Waals surface area contributed by atoms with Gasteiger partial charge in [-0.1, -0.05) is 35.3 Å². The molecule has 0 aliphatic heterocycles. The van der Waals surface area contributed by atoms with Gasteiger partial charge in [-0.05, 0) is 48.6 Å². The van der Waals surface area contributed by atoms with Crippen LogP contribution in [0.4, 0.5) is 0 Å². The molecule has 0 radical (unpaired) electrons. The highest BCUT2D eigenvalue weighted by atomic mass is 35.5. The number of benzene rings is 1. The topological polar surface area (TPSA) is 12.0 Å². The quantitative estimate of drug-likeness (QED) is 0.829. The maximum atomic E-state index is 5.92. The smallest absolute Gasteiger partial charge is 0.0931 e. The Kier molecular flexibility index (Phi) is 4.13. The second-order valence-electron chi connectivity index (χ2n) is 5.00. The van der Waals surface area contributed by atoms with Crippen molar-refractivity contribution in [3.63, 3.8) is 0 Å². The molecule has 0 unspecified atom stereocenters. The highest BCUT2D eigenvalue weighted by Gasteiger charge is 2.29. The molecular weight excluding hydrogens is 297 g/mol. The van der Waals surface area contributed by atoms with E-state index in [4.69, 9.17) is 23.2 Å². The fourth-order valence-electron chi connectivity index (χ4n) is 2.48. The minimum absolute atomic E-state index is 0.626. The lowest BCUT2D eigenvalue weighted by molar-refractivity contribution is 0.290. The lowest BCUT2D eigenvalue weighted by atomic mass is 9.76. The molecule has 19 heavy (non-hydrogen) atoms. The van der Waals surface area contributed by atoms with Crippen LogP contribution in [-0.2, 0) is 6.54 Å². The molecule has 1 aliphatic carbocycles. The third-order valence-electron chi connectivity index (χ3n) is 3.67. The van der Waals surface area contributed by atoms with Crippen molar-refractivity contribution >= 4 is 34.5 Å². The van der Waals surface area contributed by atoms with Crippen LogP contribution in [0.15, 0.2) is 36.4 Å². The van der Waals surface area contributed by atoms with Gasteiger partial charge in [0.15, 0.2) is 0 Å². The second kappa shape index (κ2) is 5.84. The molecule has 0 saturated heterocycles. The molecule has 1 aromatic carbocycles. The number of hydrogen-bond acceptors (Lipinski definition) is 2. The van der Waals surface area contributed by atoms with Gasteiger partial charge >= 0.3 is 0 Å². The van der Waals surface area contributed by atoms with Crippen molar-refractivity contribution in [2.75, 3.05) is 0 Å². The third kappa shape index (κ3) is 3.32. The van der Waals surface area contributed by atoms with E-state index in [1.54, 1.807) is 11.3 Å². The average molecular weight is 312 g/mol. The summed E-state index contributed by atoms with van der Waals surface area (Å²) in [5.41, 5.74) is 1.40. The summed E-state index contributed by atoms with van der Waals surface area (Å²) in [6.07, 6.45) is 2.42. The summed E-state index contributed by atoms with van der Waals surface area (Å²) in [5.74, 6) is 0.682. The molecule has 100 valence electrons. The van der Waals surface area contributed by atoms with Crippen molar-refractivity contribution < 1.29 is 0 Å². The van der Waals surface area contributed by atoms with Crippen molar-refractivity contribution in [2.45, 2.75) is 31.3 Å². The fraction of sp³-hybridized carbons (Fsp3) is 0.333. The summed E-state index contributed by atoms with van der Waals surface area (Å²) < 4.78 is 0.865. The van der Waals surface area contributed by atoms with E-state index in [1.807, 2.05) is 18.2 Å². The third-order valence-corrected chi connectivity index (χ3v) is 5.16. The molecule has 1 N–H and O–H groups in total. The Morgan fingerprint density at radius 2 is 1.79 bits per heavy atom. The average Bonchev–Trinajstić information content (AvgIpc) is 2.75. The summed E-state index contributed by atoms with van der Waals surface area (Å²) in [7, 11) is 0. The Bertz CT molecular complexity index is 544. The Hall–Kier alpha value is -0.540. The maximum absolute atomic E-state index is 5.92. The largest absolute Gasteiger partial charge is 0.309 e. The van der Waals surface area contributed by atoms with Gasteiger partial charge in [-0.25, -0.2) is 0 Å². The van der Waals surface area contributed by atoms with E-state index < -0.39 is 0 Å². The Morgan fingerprint density at radius 1 is 1.05 bits per heavy atom. The van der Waals surface area contributed by atoms with Crippen LogP contribution in [0, 0.1) is 0 Å². The second-order valence-corrected chi connectivity index (χ2v) is 7.24. The normalized spacial score (nSPS) is 22.2. The Labute approximate surface area is 127 Å². The molecule has 0 amide bonds. The molecule has 2 aromatic rings. The lowest BCUT2D eigenvalue weighted by Crippen LogP contribution is -2.39. The predicted octanol–water partition coefficient (Wildman–Crippen LogP) is 5.09. The van der Waals surface area contributed by atoms with Gasteiger partial charge in [0.25, 0.3) is 0 Å².